The van der Waals surface area contributed by atoms with Crippen molar-refractivity contribution in [3.05, 3.63) is 114 Å². The van der Waals surface area contributed by atoms with Gasteiger partial charge in [0.15, 0.2) is 0 Å². The molecule has 1 unspecified atom stereocenters. The molecule has 0 radical (unpaired) electrons. The van der Waals surface area contributed by atoms with Gasteiger partial charge < -0.3 is 4.90 Å². The van der Waals surface area contributed by atoms with E-state index in [9.17, 15) is 8.42 Å². The van der Waals surface area contributed by atoms with Gasteiger partial charge in [-0.3, -0.25) is 0 Å². The van der Waals surface area contributed by atoms with Crippen LogP contribution < -0.4 is 9.62 Å². The van der Waals surface area contributed by atoms with E-state index in [1.54, 1.807) is 30.6 Å². The summed E-state index contributed by atoms with van der Waals surface area (Å²) in [5.74, 6) is 0.474. The molecule has 2 heterocycles. The van der Waals surface area contributed by atoms with Crippen molar-refractivity contribution in [3.63, 3.8) is 0 Å². The number of sulfonamides is 1. The van der Waals surface area contributed by atoms with Crippen molar-refractivity contribution in [1.82, 2.24) is 14.7 Å². The van der Waals surface area contributed by atoms with Crippen LogP contribution in [0.4, 0.5) is 11.6 Å². The fourth-order valence-corrected chi connectivity index (χ4v) is 5.53. The summed E-state index contributed by atoms with van der Waals surface area (Å²) < 4.78 is 29.0. The fourth-order valence-electron chi connectivity index (χ4n) is 4.48. The van der Waals surface area contributed by atoms with Gasteiger partial charge in [-0.1, -0.05) is 66.2 Å². The Morgan fingerprint density at radius 3 is 2.38 bits per heavy atom. The van der Waals surface area contributed by atoms with Crippen molar-refractivity contribution >= 4 is 21.7 Å². The lowest BCUT2D eigenvalue weighted by Gasteiger charge is -2.26. The van der Waals surface area contributed by atoms with Crippen molar-refractivity contribution in [2.75, 3.05) is 18.0 Å². The fraction of sp³-hybridized carbons (Fsp3) is 0.185. The monoisotopic (exact) mass is 470 g/mol. The summed E-state index contributed by atoms with van der Waals surface area (Å²) in [4.78, 5) is 11.3. The zero-order valence-corrected chi connectivity index (χ0v) is 19.7. The molecule has 3 aromatic carbocycles. The maximum Gasteiger partial charge on any atom is 0.240 e. The van der Waals surface area contributed by atoms with Gasteiger partial charge in [-0.2, -0.15) is 0 Å². The van der Waals surface area contributed by atoms with Crippen molar-refractivity contribution in [2.24, 2.45) is 0 Å². The highest BCUT2D eigenvalue weighted by molar-refractivity contribution is 7.89. The molecule has 0 amide bonds. The molecule has 5 rings (SSSR count). The number of hydrogen-bond donors (Lipinski definition) is 1. The number of rotatable bonds is 7. The predicted molar refractivity (Wildman–Crippen MR) is 134 cm³/mol. The predicted octanol–water partition coefficient (Wildman–Crippen LogP) is 4.59. The minimum atomic E-state index is -3.66. The van der Waals surface area contributed by atoms with E-state index in [1.165, 1.54) is 5.56 Å². The number of nitrogens with zero attached hydrogens (tertiary/aromatic N) is 3. The molecular weight excluding hydrogens is 444 g/mol. The smallest absolute Gasteiger partial charge is 0.240 e. The Kier molecular flexibility index (Phi) is 6.13. The van der Waals surface area contributed by atoms with E-state index in [4.69, 9.17) is 0 Å². The summed E-state index contributed by atoms with van der Waals surface area (Å²) in [5.41, 5.74) is 5.40. The van der Waals surface area contributed by atoms with Crippen molar-refractivity contribution < 1.29 is 8.42 Å². The second-order valence-corrected chi connectivity index (χ2v) is 10.2. The third-order valence-electron chi connectivity index (χ3n) is 6.21. The van der Waals surface area contributed by atoms with E-state index in [2.05, 4.69) is 31.7 Å². The highest BCUT2D eigenvalue weighted by atomic mass is 32.2. The Bertz CT molecular complexity index is 1380. The summed E-state index contributed by atoms with van der Waals surface area (Å²) in [6.45, 7) is 2.96. The first-order chi connectivity index (χ1) is 16.5. The SMILES string of the molecule is Cc1ccc(S(=O)(=O)NCC(c2ccccc2)c2cccc3c2N(c2ncccn2)CC3)cc1. The van der Waals surface area contributed by atoms with Crippen LogP contribution in [0, 0.1) is 6.92 Å². The van der Waals surface area contributed by atoms with Crippen LogP contribution in [0.15, 0.2) is 96.2 Å². The lowest BCUT2D eigenvalue weighted by Crippen LogP contribution is -2.30. The quantitative estimate of drug-likeness (QED) is 0.428. The van der Waals surface area contributed by atoms with Gasteiger partial charge in [-0.25, -0.2) is 23.1 Å². The Hall–Kier alpha value is -3.55. The summed E-state index contributed by atoms with van der Waals surface area (Å²) in [6.07, 6.45) is 4.37. The Morgan fingerprint density at radius 2 is 1.65 bits per heavy atom. The summed E-state index contributed by atoms with van der Waals surface area (Å²) in [6, 6.07) is 25.0. The Balaban J connectivity index is 1.54. The lowest BCUT2D eigenvalue weighted by molar-refractivity contribution is 0.577. The van der Waals surface area contributed by atoms with Gasteiger partial charge in [0, 0.05) is 31.4 Å². The zero-order chi connectivity index (χ0) is 23.5. The second kappa shape index (κ2) is 9.37. The van der Waals surface area contributed by atoms with Crippen molar-refractivity contribution in [3.8, 4) is 0 Å². The number of anilines is 2. The molecule has 1 aromatic heterocycles. The maximum absolute atomic E-state index is 13.1. The first-order valence-corrected chi connectivity index (χ1v) is 12.8. The first-order valence-electron chi connectivity index (χ1n) is 11.3. The summed E-state index contributed by atoms with van der Waals surface area (Å²) >= 11 is 0. The zero-order valence-electron chi connectivity index (χ0n) is 18.9. The van der Waals surface area contributed by atoms with Crippen LogP contribution in [0.2, 0.25) is 0 Å². The van der Waals surface area contributed by atoms with E-state index >= 15 is 0 Å². The standard InChI is InChI=1S/C27H26N4O2S/c1-20-11-13-23(14-12-20)34(32,33)30-19-25(21-7-3-2-4-8-21)24-10-5-9-22-15-18-31(26(22)24)27-28-16-6-17-29-27/h2-14,16-17,25,30H,15,18-19H2,1H3. The van der Waals surface area contributed by atoms with Crippen LogP contribution in [-0.2, 0) is 16.4 Å². The first kappa shape index (κ1) is 22.3. The number of benzene rings is 3. The maximum atomic E-state index is 13.1. The number of aromatic nitrogens is 2. The van der Waals surface area contributed by atoms with E-state index < -0.39 is 10.0 Å². The van der Waals surface area contributed by atoms with Crippen LogP contribution in [-0.4, -0.2) is 31.5 Å². The molecule has 0 saturated heterocycles. The van der Waals surface area contributed by atoms with Crippen molar-refractivity contribution in [1.29, 1.82) is 0 Å². The average Bonchev–Trinajstić information content (AvgIpc) is 3.31. The topological polar surface area (TPSA) is 75.2 Å². The van der Waals surface area contributed by atoms with Crippen LogP contribution in [0.5, 0.6) is 0 Å². The van der Waals surface area contributed by atoms with Crippen molar-refractivity contribution in [2.45, 2.75) is 24.2 Å². The highest BCUT2D eigenvalue weighted by Crippen LogP contribution is 2.41. The molecular formula is C27H26N4O2S. The minimum Gasteiger partial charge on any atom is -0.310 e. The van der Waals surface area contributed by atoms with Gasteiger partial charge in [0.1, 0.15) is 0 Å². The third-order valence-corrected chi connectivity index (χ3v) is 7.64. The van der Waals surface area contributed by atoms with E-state index in [-0.39, 0.29) is 17.4 Å². The number of nitrogens with one attached hydrogen (secondary N) is 1. The number of para-hydroxylation sites is 1. The molecule has 0 bridgehead atoms. The molecule has 0 aliphatic carbocycles. The number of aryl methyl sites for hydroxylation is 1. The number of hydrogen-bond acceptors (Lipinski definition) is 5. The second-order valence-electron chi connectivity index (χ2n) is 8.43. The summed E-state index contributed by atoms with van der Waals surface area (Å²) in [5, 5.41) is 0. The normalized spacial score (nSPS) is 14.1. The van der Waals surface area contributed by atoms with E-state index in [0.29, 0.717) is 5.95 Å². The average molecular weight is 471 g/mol. The van der Waals surface area contributed by atoms with Gasteiger partial charge in [0.2, 0.25) is 16.0 Å². The molecule has 172 valence electrons. The van der Waals surface area contributed by atoms with E-state index in [0.717, 1.165) is 35.3 Å². The third kappa shape index (κ3) is 4.44. The molecule has 34 heavy (non-hydrogen) atoms. The van der Waals surface area contributed by atoms with Crippen LogP contribution in [0.25, 0.3) is 0 Å². The molecule has 0 fully saturated rings. The molecule has 7 heteroatoms. The van der Waals surface area contributed by atoms with Crippen LogP contribution in [0.1, 0.15) is 28.2 Å². The van der Waals surface area contributed by atoms with E-state index in [1.807, 2.05) is 55.5 Å². The van der Waals surface area contributed by atoms with Gasteiger partial charge in [0.05, 0.1) is 10.6 Å². The molecule has 6 nitrogen and oxygen atoms in total. The lowest BCUT2D eigenvalue weighted by atomic mass is 9.89. The van der Waals surface area contributed by atoms with Crippen LogP contribution in [0.3, 0.4) is 0 Å². The number of fused-ring (bicyclic) bond motifs is 1. The molecule has 1 aliphatic rings. The molecule has 4 aromatic rings. The molecule has 1 aliphatic heterocycles. The Morgan fingerprint density at radius 1 is 0.912 bits per heavy atom. The van der Waals surface area contributed by atoms with Gasteiger partial charge in [0.25, 0.3) is 0 Å². The minimum absolute atomic E-state index is 0.180. The summed E-state index contributed by atoms with van der Waals surface area (Å²) in [7, 11) is -3.66. The van der Waals surface area contributed by atoms with Gasteiger partial charge >= 0.3 is 0 Å². The molecule has 1 atom stereocenters. The van der Waals surface area contributed by atoms with Crippen LogP contribution >= 0.6 is 0 Å². The molecule has 0 saturated carbocycles. The van der Waals surface area contributed by atoms with Gasteiger partial charge in [-0.15, -0.1) is 0 Å². The molecule has 0 spiro atoms. The molecule has 1 N–H and O–H groups in total. The Labute approximate surface area is 200 Å². The van der Waals surface area contributed by atoms with Gasteiger partial charge in [-0.05, 0) is 48.2 Å². The highest BCUT2D eigenvalue weighted by Gasteiger charge is 2.29. The largest absolute Gasteiger partial charge is 0.310 e.